The van der Waals surface area contributed by atoms with Gasteiger partial charge in [-0.1, -0.05) is 49.9 Å². The summed E-state index contributed by atoms with van der Waals surface area (Å²) in [5.41, 5.74) is 0.425. The highest BCUT2D eigenvalue weighted by Crippen LogP contribution is 2.42. The molecule has 1 aliphatic rings. The first-order chi connectivity index (χ1) is 6.53. The van der Waals surface area contributed by atoms with E-state index in [1.54, 1.807) is 0 Å². The Morgan fingerprint density at radius 1 is 1.29 bits per heavy atom. The molecule has 78 valence electrons. The van der Waals surface area contributed by atoms with Gasteiger partial charge in [-0.25, -0.2) is 0 Å². The molecule has 0 atom stereocenters. The molecule has 0 N–H and O–H groups in total. The van der Waals surface area contributed by atoms with Gasteiger partial charge in [0.25, 0.3) is 4.06 Å². The first kappa shape index (κ1) is 10.4. The largest absolute Gasteiger partial charge is 0.287 e. The number of rotatable bonds is 2. The Kier molecular flexibility index (Phi) is 2.56. The van der Waals surface area contributed by atoms with Crippen LogP contribution in [0.2, 0.25) is 0 Å². The summed E-state index contributed by atoms with van der Waals surface area (Å²) in [5, 5.41) is 0. The molecule has 0 aliphatic heterocycles. The first-order valence-electron chi connectivity index (χ1n) is 5.14. The molecule has 0 spiro atoms. The van der Waals surface area contributed by atoms with Gasteiger partial charge in [0.1, 0.15) is 0 Å². The predicted molar refractivity (Wildman–Crippen MR) is 63.4 cm³/mol. The van der Waals surface area contributed by atoms with Crippen LogP contribution in [0.25, 0.3) is 0 Å². The molecule has 0 saturated carbocycles. The van der Waals surface area contributed by atoms with Gasteiger partial charge in [0.15, 0.2) is 0 Å². The molecule has 0 bridgehead atoms. The second kappa shape index (κ2) is 3.46. The molecule has 0 aromatic carbocycles. The van der Waals surface area contributed by atoms with Crippen LogP contribution in [0.3, 0.4) is 0 Å². The lowest BCUT2D eigenvalue weighted by molar-refractivity contribution is 0.213. The minimum Gasteiger partial charge on any atom is -0.265 e. The van der Waals surface area contributed by atoms with Crippen LogP contribution < -0.4 is 4.06 Å². The molecule has 0 radical (unpaired) electrons. The summed E-state index contributed by atoms with van der Waals surface area (Å²) in [6.07, 6.45) is 3.50. The zero-order valence-electron chi connectivity index (χ0n) is 8.92. The Hall–Kier alpha value is -0.150. The normalized spacial score (nSPS) is 17.4. The highest BCUT2D eigenvalue weighted by molar-refractivity contribution is 7.27. The minimum atomic E-state index is 0.280. The maximum atomic E-state index is 11.2. The lowest BCUT2D eigenvalue weighted by atomic mass is 9.76. The van der Waals surface area contributed by atoms with Gasteiger partial charge in [-0.15, -0.1) is 0 Å². The lowest BCUT2D eigenvalue weighted by Gasteiger charge is -2.30. The van der Waals surface area contributed by atoms with Gasteiger partial charge in [0.2, 0.25) is 0 Å². The van der Waals surface area contributed by atoms with Crippen molar-refractivity contribution in [3.05, 3.63) is 18.6 Å². The van der Waals surface area contributed by atoms with E-state index in [1.807, 2.05) is 0 Å². The number of hydrogen-bond acceptors (Lipinski definition) is 3. The summed E-state index contributed by atoms with van der Waals surface area (Å²) >= 11 is 2.94. The van der Waals surface area contributed by atoms with Gasteiger partial charge >= 0.3 is 0 Å². The molecule has 1 aromatic heterocycles. The maximum absolute atomic E-state index is 11.2. The molecule has 0 unspecified atom stereocenters. The van der Waals surface area contributed by atoms with E-state index in [9.17, 15) is 4.79 Å². The fraction of sp³-hybridized carbons (Fsp3) is 0.727. The van der Waals surface area contributed by atoms with E-state index in [0.717, 1.165) is 18.8 Å². The van der Waals surface area contributed by atoms with Crippen molar-refractivity contribution in [2.75, 3.05) is 0 Å². The third kappa shape index (κ3) is 1.68. The van der Waals surface area contributed by atoms with E-state index in [4.69, 9.17) is 0 Å². The zero-order valence-corrected chi connectivity index (χ0v) is 10.6. The molecule has 1 heterocycles. The summed E-state index contributed by atoms with van der Waals surface area (Å²) in [4.78, 5) is 13.9. The van der Waals surface area contributed by atoms with Crippen molar-refractivity contribution in [2.45, 2.75) is 40.0 Å². The number of fused-ring (bicyclic) bond motifs is 1. The van der Waals surface area contributed by atoms with Gasteiger partial charge in [-0.2, -0.15) is 0 Å². The Morgan fingerprint density at radius 2 is 1.79 bits per heavy atom. The van der Waals surface area contributed by atoms with Crippen LogP contribution in [0.1, 0.15) is 36.9 Å². The fourth-order valence-corrected chi connectivity index (χ4v) is 4.39. The summed E-state index contributed by atoms with van der Waals surface area (Å²) < 4.78 is 0.280. The molecule has 1 aliphatic carbocycles. The van der Waals surface area contributed by atoms with Gasteiger partial charge in [-0.05, 0) is 24.2 Å². The van der Waals surface area contributed by atoms with Crippen LogP contribution in [-0.2, 0) is 12.8 Å². The Bertz CT molecular complexity index is 360. The molecule has 1 aromatic rings. The van der Waals surface area contributed by atoms with Crippen LogP contribution in [0.5, 0.6) is 0 Å². The van der Waals surface area contributed by atoms with Crippen LogP contribution in [-0.4, -0.2) is 0 Å². The summed E-state index contributed by atoms with van der Waals surface area (Å²) in [6.45, 7) is 6.95. The van der Waals surface area contributed by atoms with Crippen molar-refractivity contribution < 1.29 is 0 Å². The molecule has 2 rings (SSSR count). The van der Waals surface area contributed by atoms with Crippen molar-refractivity contribution in [1.82, 2.24) is 0 Å². The lowest BCUT2D eigenvalue weighted by Crippen LogP contribution is -2.23. The maximum Gasteiger partial charge on any atom is 0.287 e. The second-order valence-electron chi connectivity index (χ2n) is 4.75. The second-order valence-corrected chi connectivity index (χ2v) is 7.14. The quantitative estimate of drug-likeness (QED) is 0.759. The van der Waals surface area contributed by atoms with E-state index >= 15 is 0 Å². The molecule has 14 heavy (non-hydrogen) atoms. The summed E-state index contributed by atoms with van der Waals surface area (Å²) in [7, 11) is 0. The Balaban J connectivity index is 2.20. The van der Waals surface area contributed by atoms with Crippen LogP contribution >= 0.6 is 22.7 Å². The third-order valence-corrected chi connectivity index (χ3v) is 5.89. The van der Waals surface area contributed by atoms with Gasteiger partial charge in [-0.3, -0.25) is 4.79 Å². The van der Waals surface area contributed by atoms with Gasteiger partial charge in [0.05, 0.1) is 0 Å². The SMILES string of the molecule is CCC(C)(C)C1Cc2sc(=O)sc2C1. The predicted octanol–water partition coefficient (Wildman–Crippen LogP) is 3.32. The topological polar surface area (TPSA) is 17.1 Å². The van der Waals surface area contributed by atoms with Crippen molar-refractivity contribution in [2.24, 2.45) is 11.3 Å². The van der Waals surface area contributed by atoms with Crippen molar-refractivity contribution in [3.8, 4) is 0 Å². The first-order valence-corrected chi connectivity index (χ1v) is 6.78. The third-order valence-electron chi connectivity index (χ3n) is 3.60. The van der Waals surface area contributed by atoms with E-state index in [1.165, 1.54) is 38.8 Å². The highest BCUT2D eigenvalue weighted by atomic mass is 32.2. The van der Waals surface area contributed by atoms with Crippen LogP contribution in [0.15, 0.2) is 4.79 Å². The standard InChI is InChI=1S/C11H16OS2/c1-4-11(2,3)7-5-8-9(6-7)14-10(12)13-8/h7H,4-6H2,1-3H3. The van der Waals surface area contributed by atoms with E-state index in [-0.39, 0.29) is 4.06 Å². The van der Waals surface area contributed by atoms with Crippen molar-refractivity contribution in [3.63, 3.8) is 0 Å². The molecule has 1 nitrogen and oxygen atoms in total. The molecule has 0 fully saturated rings. The Morgan fingerprint density at radius 3 is 2.21 bits per heavy atom. The van der Waals surface area contributed by atoms with E-state index in [0.29, 0.717) is 5.41 Å². The average Bonchev–Trinajstić information content (AvgIpc) is 2.61. The smallest absolute Gasteiger partial charge is 0.265 e. The number of hydrogen-bond donors (Lipinski definition) is 0. The summed E-state index contributed by atoms with van der Waals surface area (Å²) in [5.74, 6) is 0.755. The van der Waals surface area contributed by atoms with E-state index < -0.39 is 0 Å². The van der Waals surface area contributed by atoms with Crippen molar-refractivity contribution in [1.29, 1.82) is 0 Å². The average molecular weight is 228 g/mol. The molecule has 0 amide bonds. The molecule has 0 saturated heterocycles. The van der Waals surface area contributed by atoms with Gasteiger partial charge in [0, 0.05) is 9.75 Å². The molecular weight excluding hydrogens is 212 g/mol. The summed E-state index contributed by atoms with van der Waals surface area (Å²) in [6, 6.07) is 0. The molecule has 3 heteroatoms. The fourth-order valence-electron chi connectivity index (χ4n) is 2.01. The van der Waals surface area contributed by atoms with Crippen LogP contribution in [0.4, 0.5) is 0 Å². The highest BCUT2D eigenvalue weighted by Gasteiger charge is 2.34. The van der Waals surface area contributed by atoms with E-state index in [2.05, 4.69) is 20.8 Å². The Labute approximate surface area is 92.8 Å². The van der Waals surface area contributed by atoms with Crippen molar-refractivity contribution >= 4 is 22.7 Å². The monoisotopic (exact) mass is 228 g/mol. The van der Waals surface area contributed by atoms with Gasteiger partial charge < -0.3 is 0 Å². The molecular formula is C11H16OS2. The van der Waals surface area contributed by atoms with Crippen LogP contribution in [0, 0.1) is 11.3 Å². The zero-order chi connectivity index (χ0) is 10.3. The minimum absolute atomic E-state index is 0.280.